The number of hydrogen-bond donors (Lipinski definition) is 0. The Morgan fingerprint density at radius 3 is 2.23 bits per heavy atom. The molecule has 1 atom stereocenters. The molecular weight excluding hydrogens is 420 g/mol. The van der Waals surface area contributed by atoms with Crippen LogP contribution in [0.5, 0.6) is 0 Å². The van der Waals surface area contributed by atoms with Gasteiger partial charge in [-0.25, -0.2) is 0 Å². The summed E-state index contributed by atoms with van der Waals surface area (Å²) in [6, 6.07) is -1.22. The predicted octanol–water partition coefficient (Wildman–Crippen LogP) is 0.0102. The maximum absolute atomic E-state index is 12.6. The van der Waals surface area contributed by atoms with Crippen LogP contribution in [0.4, 0.5) is 0 Å². The molecule has 0 aromatic carbocycles. The summed E-state index contributed by atoms with van der Waals surface area (Å²) in [6.45, 7) is 3.01. The fourth-order valence-corrected chi connectivity index (χ4v) is 5.01. The maximum Gasteiger partial charge on any atom is 0.326 e. The second kappa shape index (κ2) is 8.46. The number of amides is 2. The zero-order valence-electron chi connectivity index (χ0n) is 13.7. The van der Waals surface area contributed by atoms with Gasteiger partial charge in [-0.2, -0.15) is 0 Å². The minimum Gasteiger partial charge on any atom is -0.548 e. The zero-order valence-corrected chi connectivity index (χ0v) is 16.9. The molecule has 1 unspecified atom stereocenters. The highest BCUT2D eigenvalue weighted by molar-refractivity contribution is 8.29. The highest BCUT2D eigenvalue weighted by Crippen LogP contribution is 2.42. The van der Waals surface area contributed by atoms with E-state index in [4.69, 9.17) is 29.2 Å². The molecule has 2 rings (SSSR count). The third-order valence-electron chi connectivity index (χ3n) is 3.42. The summed E-state index contributed by atoms with van der Waals surface area (Å²) in [5.74, 6) is -3.36. The van der Waals surface area contributed by atoms with Crippen LogP contribution >= 0.6 is 48.0 Å². The van der Waals surface area contributed by atoms with Crippen molar-refractivity contribution in [2.45, 2.75) is 26.3 Å². The van der Waals surface area contributed by atoms with E-state index >= 15 is 0 Å². The molecule has 8 nitrogen and oxygen atoms in total. The molecule has 0 aromatic rings. The molecule has 26 heavy (non-hydrogen) atoms. The highest BCUT2D eigenvalue weighted by atomic mass is 32.2. The Hall–Kier alpha value is -1.50. The Labute approximate surface area is 168 Å². The Morgan fingerprint density at radius 1 is 1.12 bits per heavy atom. The van der Waals surface area contributed by atoms with E-state index in [1.165, 1.54) is 0 Å². The average Bonchev–Trinajstić information content (AvgIpc) is 3.00. The van der Waals surface area contributed by atoms with Gasteiger partial charge in [0.2, 0.25) is 0 Å². The summed E-state index contributed by atoms with van der Waals surface area (Å²) in [5, 5.41) is 11.2. The van der Waals surface area contributed by atoms with Crippen LogP contribution in [-0.2, 0) is 23.9 Å². The lowest BCUT2D eigenvalue weighted by Gasteiger charge is -2.26. The van der Waals surface area contributed by atoms with Crippen LogP contribution in [0, 0.1) is 0 Å². The third-order valence-corrected chi connectivity index (χ3v) is 6.40. The van der Waals surface area contributed by atoms with Gasteiger partial charge in [0.1, 0.15) is 15.2 Å². The molecule has 2 aliphatic heterocycles. The number of carboxylic acid groups (broad SMARTS) is 1. The summed E-state index contributed by atoms with van der Waals surface area (Å²) in [7, 11) is 0. The number of hydrogen-bond acceptors (Lipinski definition) is 10. The van der Waals surface area contributed by atoms with E-state index in [9.17, 15) is 24.3 Å². The van der Waals surface area contributed by atoms with Crippen LogP contribution < -0.4 is 5.11 Å². The summed E-state index contributed by atoms with van der Waals surface area (Å²) in [4.78, 5) is 50.1. The predicted molar refractivity (Wildman–Crippen MR) is 102 cm³/mol. The molecule has 0 saturated carbocycles. The molecule has 2 saturated heterocycles. The van der Waals surface area contributed by atoms with Crippen molar-refractivity contribution in [3.05, 3.63) is 9.81 Å². The Kier molecular flexibility index (Phi) is 6.77. The molecule has 0 spiro atoms. The van der Waals surface area contributed by atoms with Crippen LogP contribution in [-0.4, -0.2) is 61.4 Å². The minimum absolute atomic E-state index is 0.00147. The topological polar surface area (TPSA) is 107 Å². The summed E-state index contributed by atoms with van der Waals surface area (Å²) in [6.07, 6.45) is 0.103. The molecular formula is C14H13N2O6S4-. The van der Waals surface area contributed by atoms with Crippen molar-refractivity contribution in [1.82, 2.24) is 9.80 Å². The first kappa shape index (κ1) is 20.8. The summed E-state index contributed by atoms with van der Waals surface area (Å²) >= 11 is 11.9. The Balaban J connectivity index is 2.30. The molecule has 0 bridgehead atoms. The average molecular weight is 434 g/mol. The number of thioether (sulfide) groups is 2. The molecule has 2 amide bonds. The van der Waals surface area contributed by atoms with Crippen molar-refractivity contribution in [3.63, 3.8) is 0 Å². The van der Waals surface area contributed by atoms with Gasteiger partial charge < -0.3 is 14.6 Å². The van der Waals surface area contributed by atoms with E-state index in [-0.39, 0.29) is 38.0 Å². The molecule has 140 valence electrons. The number of carboxylic acids is 1. The highest BCUT2D eigenvalue weighted by Gasteiger charge is 2.44. The molecule has 0 aliphatic carbocycles. The van der Waals surface area contributed by atoms with Gasteiger partial charge in [-0.05, 0) is 13.3 Å². The second-order valence-electron chi connectivity index (χ2n) is 5.01. The first-order valence-electron chi connectivity index (χ1n) is 7.42. The van der Waals surface area contributed by atoms with E-state index in [0.29, 0.717) is 0 Å². The first-order valence-corrected chi connectivity index (χ1v) is 9.87. The van der Waals surface area contributed by atoms with E-state index in [2.05, 4.69) is 0 Å². The van der Waals surface area contributed by atoms with Gasteiger partial charge in [-0.1, -0.05) is 54.9 Å². The van der Waals surface area contributed by atoms with Crippen molar-refractivity contribution in [1.29, 1.82) is 0 Å². The van der Waals surface area contributed by atoms with Gasteiger partial charge in [0.15, 0.2) is 0 Å². The number of aliphatic carboxylic acids is 1. The lowest BCUT2D eigenvalue weighted by molar-refractivity contribution is -0.310. The lowest BCUT2D eigenvalue weighted by Crippen LogP contribution is -2.49. The second-order valence-corrected chi connectivity index (χ2v) is 8.30. The molecule has 2 fully saturated rings. The van der Waals surface area contributed by atoms with Crippen LogP contribution in [0.2, 0.25) is 0 Å². The largest absolute Gasteiger partial charge is 0.548 e. The van der Waals surface area contributed by atoms with Gasteiger partial charge in [0.25, 0.3) is 11.8 Å². The normalized spacial score (nSPS) is 21.6. The smallest absolute Gasteiger partial charge is 0.326 e. The van der Waals surface area contributed by atoms with E-state index in [1.54, 1.807) is 13.8 Å². The van der Waals surface area contributed by atoms with E-state index < -0.39 is 29.8 Å². The van der Waals surface area contributed by atoms with Gasteiger partial charge in [-0.3, -0.25) is 24.2 Å². The molecule has 2 heterocycles. The van der Waals surface area contributed by atoms with E-state index in [1.807, 2.05) is 0 Å². The molecule has 0 radical (unpaired) electrons. The fraction of sp³-hybridized carbons (Fsp3) is 0.429. The third kappa shape index (κ3) is 3.92. The number of rotatable bonds is 6. The van der Waals surface area contributed by atoms with Gasteiger partial charge >= 0.3 is 5.97 Å². The SMILES string of the molecule is CCOC(=O)CN1C(=O)C(=C2SC(=S)N(C(CC)C(=O)[O-])C2=O)SC1=S. The van der Waals surface area contributed by atoms with E-state index in [0.717, 1.165) is 33.3 Å². The van der Waals surface area contributed by atoms with Crippen LogP contribution in [0.3, 0.4) is 0 Å². The van der Waals surface area contributed by atoms with Crippen molar-refractivity contribution < 1.29 is 29.0 Å². The van der Waals surface area contributed by atoms with Crippen molar-refractivity contribution in [3.8, 4) is 0 Å². The fourth-order valence-electron chi connectivity index (χ4n) is 2.25. The van der Waals surface area contributed by atoms with Gasteiger partial charge in [0, 0.05) is 0 Å². The van der Waals surface area contributed by atoms with Gasteiger partial charge in [-0.15, -0.1) is 0 Å². The zero-order chi connectivity index (χ0) is 19.6. The first-order chi connectivity index (χ1) is 12.2. The number of ether oxygens (including phenoxy) is 1. The van der Waals surface area contributed by atoms with Gasteiger partial charge in [0.05, 0.1) is 28.4 Å². The molecule has 12 heteroatoms. The minimum atomic E-state index is -1.43. The summed E-state index contributed by atoms with van der Waals surface area (Å²) in [5.41, 5.74) is 0. The Bertz CT molecular complexity index is 750. The molecule has 0 N–H and O–H groups in total. The van der Waals surface area contributed by atoms with Crippen molar-refractivity contribution in [2.24, 2.45) is 0 Å². The lowest BCUT2D eigenvalue weighted by atomic mass is 10.2. The Morgan fingerprint density at radius 2 is 1.69 bits per heavy atom. The number of carbonyl (C=O) groups is 4. The van der Waals surface area contributed by atoms with Crippen molar-refractivity contribution >= 4 is 80.4 Å². The van der Waals surface area contributed by atoms with Crippen LogP contribution in [0.25, 0.3) is 0 Å². The van der Waals surface area contributed by atoms with Crippen LogP contribution in [0.1, 0.15) is 20.3 Å². The molecule has 0 aromatic heterocycles. The van der Waals surface area contributed by atoms with Crippen LogP contribution in [0.15, 0.2) is 9.81 Å². The number of esters is 1. The van der Waals surface area contributed by atoms with Crippen molar-refractivity contribution in [2.75, 3.05) is 13.2 Å². The standard InChI is InChI=1S/C14H14N2O6S4/c1-3-6(12(20)21)16-11(19)9(26-14(16)24)8-10(18)15(13(23)25-8)5-7(17)22-4-2/h6H,3-5H2,1-2H3,(H,20,21)/p-1. The monoisotopic (exact) mass is 433 g/mol. The number of carbonyl (C=O) groups excluding carboxylic acids is 4. The quantitative estimate of drug-likeness (QED) is 0.323. The summed E-state index contributed by atoms with van der Waals surface area (Å²) < 4.78 is 4.93. The number of nitrogens with zero attached hydrogens (tertiary/aromatic N) is 2. The maximum atomic E-state index is 12.6. The number of thiocarbonyl (C=S) groups is 2. The molecule has 2 aliphatic rings.